The number of amides is 1. The monoisotopic (exact) mass is 288 g/mol. The Hall–Kier alpha value is -2.00. The van der Waals surface area contributed by atoms with Crippen molar-refractivity contribution in [1.82, 2.24) is 0 Å². The minimum Gasteiger partial charge on any atom is -0.378 e. The summed E-state index contributed by atoms with van der Waals surface area (Å²) >= 11 is 6.04. The number of benzene rings is 2. The number of carbonyl (C=O) groups is 1. The summed E-state index contributed by atoms with van der Waals surface area (Å²) in [7, 11) is 3.95. The molecular weight excluding hydrogens is 272 g/mol. The zero-order chi connectivity index (χ0) is 14.5. The van der Waals surface area contributed by atoms with E-state index in [4.69, 9.17) is 11.6 Å². The molecule has 0 saturated carbocycles. The van der Waals surface area contributed by atoms with Gasteiger partial charge in [-0.3, -0.25) is 4.79 Å². The molecule has 0 spiro atoms. The second kappa shape index (κ2) is 6.44. The Morgan fingerprint density at radius 3 is 2.35 bits per heavy atom. The average Bonchev–Trinajstić information content (AvgIpc) is 2.42. The van der Waals surface area contributed by atoms with Gasteiger partial charge in [-0.15, -0.1) is 0 Å². The van der Waals surface area contributed by atoms with E-state index in [1.807, 2.05) is 61.5 Å². The Morgan fingerprint density at radius 1 is 1.10 bits per heavy atom. The van der Waals surface area contributed by atoms with Crippen LogP contribution >= 0.6 is 11.6 Å². The van der Waals surface area contributed by atoms with Gasteiger partial charge in [0.1, 0.15) is 0 Å². The van der Waals surface area contributed by atoms with Gasteiger partial charge < -0.3 is 10.2 Å². The molecule has 0 unspecified atom stereocenters. The molecule has 0 fully saturated rings. The molecule has 0 aliphatic heterocycles. The standard InChI is InChI=1S/C16H17ClN2O/c1-19(2)14-9-7-13(8-10-14)18-16(20)11-12-5-3-4-6-15(12)17/h3-10H,11H2,1-2H3,(H,18,20). The van der Waals surface area contributed by atoms with Gasteiger partial charge in [-0.1, -0.05) is 29.8 Å². The second-order valence-corrected chi connectivity index (χ2v) is 5.16. The van der Waals surface area contributed by atoms with Crippen molar-refractivity contribution < 1.29 is 4.79 Å². The number of hydrogen-bond acceptors (Lipinski definition) is 2. The highest BCUT2D eigenvalue weighted by Crippen LogP contribution is 2.18. The number of anilines is 2. The van der Waals surface area contributed by atoms with Gasteiger partial charge in [0.2, 0.25) is 5.91 Å². The first-order valence-corrected chi connectivity index (χ1v) is 6.74. The van der Waals surface area contributed by atoms with Crippen LogP contribution in [0, 0.1) is 0 Å². The fourth-order valence-electron chi connectivity index (χ4n) is 1.86. The molecule has 0 heterocycles. The maximum Gasteiger partial charge on any atom is 0.228 e. The fourth-order valence-corrected chi connectivity index (χ4v) is 2.07. The van der Waals surface area contributed by atoms with E-state index in [0.717, 1.165) is 16.9 Å². The van der Waals surface area contributed by atoms with E-state index in [9.17, 15) is 4.79 Å². The lowest BCUT2D eigenvalue weighted by Gasteiger charge is -2.13. The lowest BCUT2D eigenvalue weighted by molar-refractivity contribution is -0.115. The Bertz CT molecular complexity index is 594. The number of carbonyl (C=O) groups excluding carboxylic acids is 1. The van der Waals surface area contributed by atoms with Gasteiger partial charge in [-0.05, 0) is 35.9 Å². The van der Waals surface area contributed by atoms with Crippen LogP contribution in [0.1, 0.15) is 5.56 Å². The number of rotatable bonds is 4. The van der Waals surface area contributed by atoms with Gasteiger partial charge in [0.25, 0.3) is 0 Å². The molecule has 3 nitrogen and oxygen atoms in total. The summed E-state index contributed by atoms with van der Waals surface area (Å²) < 4.78 is 0. The van der Waals surface area contributed by atoms with E-state index < -0.39 is 0 Å². The molecule has 0 saturated heterocycles. The summed E-state index contributed by atoms with van der Waals surface area (Å²) in [5.74, 6) is -0.0734. The normalized spacial score (nSPS) is 10.2. The fraction of sp³-hybridized carbons (Fsp3) is 0.188. The molecule has 2 aromatic rings. The van der Waals surface area contributed by atoms with Crippen molar-refractivity contribution in [3.05, 3.63) is 59.1 Å². The van der Waals surface area contributed by atoms with Crippen molar-refractivity contribution in [3.8, 4) is 0 Å². The van der Waals surface area contributed by atoms with Crippen LogP contribution in [0.2, 0.25) is 5.02 Å². The first-order chi connectivity index (χ1) is 9.56. The largest absolute Gasteiger partial charge is 0.378 e. The highest BCUT2D eigenvalue weighted by Gasteiger charge is 2.07. The third-order valence-electron chi connectivity index (χ3n) is 2.98. The van der Waals surface area contributed by atoms with Crippen LogP contribution in [0.5, 0.6) is 0 Å². The van der Waals surface area contributed by atoms with Crippen molar-refractivity contribution in [1.29, 1.82) is 0 Å². The van der Waals surface area contributed by atoms with Crippen LogP contribution in [-0.4, -0.2) is 20.0 Å². The lowest BCUT2D eigenvalue weighted by Crippen LogP contribution is -2.15. The summed E-state index contributed by atoms with van der Waals surface area (Å²) in [6.07, 6.45) is 0.273. The van der Waals surface area contributed by atoms with Crippen LogP contribution < -0.4 is 10.2 Å². The number of nitrogens with zero attached hydrogens (tertiary/aromatic N) is 1. The number of nitrogens with one attached hydrogen (secondary N) is 1. The summed E-state index contributed by atoms with van der Waals surface area (Å²) in [4.78, 5) is 14.0. The zero-order valence-electron chi connectivity index (χ0n) is 11.6. The molecule has 4 heteroatoms. The minimum atomic E-state index is -0.0734. The third-order valence-corrected chi connectivity index (χ3v) is 3.35. The highest BCUT2D eigenvalue weighted by atomic mass is 35.5. The van der Waals surface area contributed by atoms with E-state index >= 15 is 0 Å². The number of hydrogen-bond donors (Lipinski definition) is 1. The van der Waals surface area contributed by atoms with Gasteiger partial charge in [-0.25, -0.2) is 0 Å². The van der Waals surface area contributed by atoms with E-state index in [-0.39, 0.29) is 12.3 Å². The summed E-state index contributed by atoms with van der Waals surface area (Å²) in [5, 5.41) is 3.48. The van der Waals surface area contributed by atoms with E-state index in [1.54, 1.807) is 6.07 Å². The zero-order valence-corrected chi connectivity index (χ0v) is 12.3. The van der Waals surface area contributed by atoms with Crippen molar-refractivity contribution >= 4 is 28.9 Å². The second-order valence-electron chi connectivity index (χ2n) is 4.76. The Morgan fingerprint density at radius 2 is 1.75 bits per heavy atom. The van der Waals surface area contributed by atoms with Crippen LogP contribution in [-0.2, 0) is 11.2 Å². The molecule has 2 aromatic carbocycles. The highest BCUT2D eigenvalue weighted by molar-refractivity contribution is 6.31. The predicted octanol–water partition coefficient (Wildman–Crippen LogP) is 3.59. The molecule has 20 heavy (non-hydrogen) atoms. The van der Waals surface area contributed by atoms with E-state index in [2.05, 4.69) is 5.32 Å². The third kappa shape index (κ3) is 3.75. The Labute approximate surface area is 124 Å². The van der Waals surface area contributed by atoms with E-state index in [1.165, 1.54) is 0 Å². The summed E-state index contributed by atoms with van der Waals surface area (Å²) in [6, 6.07) is 15.1. The van der Waals surface area contributed by atoms with Crippen LogP contribution in [0.25, 0.3) is 0 Å². The van der Waals surface area contributed by atoms with Crippen molar-refractivity contribution in [2.24, 2.45) is 0 Å². The SMILES string of the molecule is CN(C)c1ccc(NC(=O)Cc2ccccc2Cl)cc1. The topological polar surface area (TPSA) is 32.3 Å². The summed E-state index contributed by atoms with van der Waals surface area (Å²) in [6.45, 7) is 0. The molecule has 0 bridgehead atoms. The van der Waals surface area contributed by atoms with Crippen molar-refractivity contribution in [3.63, 3.8) is 0 Å². The van der Waals surface area contributed by atoms with Crippen LogP contribution in [0.4, 0.5) is 11.4 Å². The molecule has 1 N–H and O–H groups in total. The maximum absolute atomic E-state index is 12.0. The van der Waals surface area contributed by atoms with Gasteiger partial charge in [0.05, 0.1) is 6.42 Å². The van der Waals surface area contributed by atoms with Gasteiger partial charge in [0, 0.05) is 30.5 Å². The van der Waals surface area contributed by atoms with Gasteiger partial charge in [-0.2, -0.15) is 0 Å². The Balaban J connectivity index is 1.99. The molecule has 104 valence electrons. The Kier molecular flexibility index (Phi) is 4.64. The minimum absolute atomic E-state index is 0.0734. The number of halogens is 1. The van der Waals surface area contributed by atoms with Crippen molar-refractivity contribution in [2.45, 2.75) is 6.42 Å². The van der Waals surface area contributed by atoms with Gasteiger partial charge >= 0.3 is 0 Å². The molecule has 0 atom stereocenters. The van der Waals surface area contributed by atoms with Crippen LogP contribution in [0.3, 0.4) is 0 Å². The summed E-state index contributed by atoms with van der Waals surface area (Å²) in [5.41, 5.74) is 2.71. The van der Waals surface area contributed by atoms with Crippen molar-refractivity contribution in [2.75, 3.05) is 24.3 Å². The molecule has 1 amide bonds. The molecule has 0 radical (unpaired) electrons. The molecule has 2 rings (SSSR count). The first-order valence-electron chi connectivity index (χ1n) is 6.37. The van der Waals surface area contributed by atoms with E-state index in [0.29, 0.717) is 5.02 Å². The maximum atomic E-state index is 12.0. The molecular formula is C16H17ClN2O. The smallest absolute Gasteiger partial charge is 0.228 e. The predicted molar refractivity (Wildman–Crippen MR) is 84.6 cm³/mol. The van der Waals surface area contributed by atoms with Crippen LogP contribution in [0.15, 0.2) is 48.5 Å². The molecule has 0 aliphatic rings. The average molecular weight is 289 g/mol. The molecule has 0 aliphatic carbocycles. The van der Waals surface area contributed by atoms with Gasteiger partial charge in [0.15, 0.2) is 0 Å². The molecule has 0 aromatic heterocycles. The quantitative estimate of drug-likeness (QED) is 0.932. The lowest BCUT2D eigenvalue weighted by atomic mass is 10.1. The first kappa shape index (κ1) is 14.4.